The minimum Gasteiger partial charge on any atom is -0.481 e. The highest BCUT2D eigenvalue weighted by molar-refractivity contribution is 5.70. The number of ether oxygens (including phenoxy) is 2. The fourth-order valence-electron chi connectivity index (χ4n) is 2.34. The second-order valence-corrected chi connectivity index (χ2v) is 6.10. The van der Waals surface area contributed by atoms with Crippen LogP contribution in [0, 0.1) is 5.41 Å². The number of amides is 1. The largest absolute Gasteiger partial charge is 0.481 e. The van der Waals surface area contributed by atoms with E-state index in [1.807, 2.05) is 20.8 Å². The minimum atomic E-state index is -0.866. The van der Waals surface area contributed by atoms with E-state index >= 15 is 0 Å². The quantitative estimate of drug-likeness (QED) is 0.801. The third-order valence-corrected chi connectivity index (χ3v) is 3.28. The van der Waals surface area contributed by atoms with Crippen LogP contribution in [0.3, 0.4) is 0 Å². The van der Waals surface area contributed by atoms with Crippen LogP contribution >= 0.6 is 0 Å². The molecule has 1 spiro atoms. The molecule has 1 N–H and O–H groups in total. The van der Waals surface area contributed by atoms with Crippen LogP contribution in [0.15, 0.2) is 0 Å². The van der Waals surface area contributed by atoms with Crippen LogP contribution in [0.25, 0.3) is 0 Å². The van der Waals surface area contributed by atoms with E-state index in [9.17, 15) is 9.59 Å². The molecule has 0 bridgehead atoms. The van der Waals surface area contributed by atoms with E-state index < -0.39 is 11.6 Å². The molecule has 0 radical (unpaired) electrons. The fraction of sp³-hybridized carbons (Fsp3) is 0.833. The van der Waals surface area contributed by atoms with Crippen molar-refractivity contribution in [2.45, 2.75) is 38.9 Å². The Hall–Kier alpha value is -1.30. The van der Waals surface area contributed by atoms with Gasteiger partial charge >= 0.3 is 12.1 Å². The Labute approximate surface area is 106 Å². The van der Waals surface area contributed by atoms with Gasteiger partial charge in [0.1, 0.15) is 5.60 Å². The topological polar surface area (TPSA) is 76.1 Å². The number of rotatable bonds is 2. The maximum atomic E-state index is 11.7. The van der Waals surface area contributed by atoms with Crippen molar-refractivity contribution in [1.29, 1.82) is 0 Å². The van der Waals surface area contributed by atoms with Gasteiger partial charge in [0.2, 0.25) is 0 Å². The van der Waals surface area contributed by atoms with Crippen molar-refractivity contribution in [3.8, 4) is 0 Å². The Balaban J connectivity index is 1.83. The first-order chi connectivity index (χ1) is 8.22. The molecule has 18 heavy (non-hydrogen) atoms. The van der Waals surface area contributed by atoms with E-state index in [4.69, 9.17) is 14.6 Å². The summed E-state index contributed by atoms with van der Waals surface area (Å²) in [6, 6.07) is 0. The van der Waals surface area contributed by atoms with Crippen molar-refractivity contribution >= 4 is 12.1 Å². The summed E-state index contributed by atoms with van der Waals surface area (Å²) in [5.74, 6) is -0.866. The molecule has 0 aromatic rings. The van der Waals surface area contributed by atoms with Crippen LogP contribution < -0.4 is 0 Å². The molecule has 1 amide bonds. The predicted molar refractivity (Wildman–Crippen MR) is 62.2 cm³/mol. The van der Waals surface area contributed by atoms with Crippen molar-refractivity contribution in [1.82, 2.24) is 4.90 Å². The zero-order chi connectivity index (χ0) is 13.6. The number of carbonyl (C=O) groups is 2. The minimum absolute atomic E-state index is 0.00214. The first-order valence-electron chi connectivity index (χ1n) is 6.03. The first-order valence-corrected chi connectivity index (χ1v) is 6.03. The van der Waals surface area contributed by atoms with Crippen LogP contribution in [0.4, 0.5) is 4.79 Å². The van der Waals surface area contributed by atoms with Crippen LogP contribution in [0.1, 0.15) is 27.2 Å². The van der Waals surface area contributed by atoms with E-state index in [1.165, 1.54) is 0 Å². The summed E-state index contributed by atoms with van der Waals surface area (Å²) in [5.41, 5.74) is -0.661. The normalized spacial score (nSPS) is 25.3. The number of hydrogen-bond donors (Lipinski definition) is 1. The van der Waals surface area contributed by atoms with Gasteiger partial charge in [0.05, 0.1) is 24.5 Å². The second-order valence-electron chi connectivity index (χ2n) is 6.10. The van der Waals surface area contributed by atoms with Crippen LogP contribution in [0.2, 0.25) is 0 Å². The lowest BCUT2D eigenvalue weighted by Crippen LogP contribution is -2.72. The summed E-state index contributed by atoms with van der Waals surface area (Å²) in [6.07, 6.45) is -0.606. The van der Waals surface area contributed by atoms with E-state index in [-0.39, 0.29) is 24.0 Å². The second kappa shape index (κ2) is 4.12. The van der Waals surface area contributed by atoms with E-state index in [1.54, 1.807) is 4.90 Å². The molecular weight excluding hydrogens is 238 g/mol. The lowest BCUT2D eigenvalue weighted by molar-refractivity contribution is -0.242. The zero-order valence-corrected chi connectivity index (χ0v) is 10.9. The van der Waals surface area contributed by atoms with Gasteiger partial charge in [-0.3, -0.25) is 4.79 Å². The van der Waals surface area contributed by atoms with Gasteiger partial charge in [-0.1, -0.05) is 0 Å². The van der Waals surface area contributed by atoms with E-state index in [0.29, 0.717) is 19.7 Å². The fourth-order valence-corrected chi connectivity index (χ4v) is 2.34. The molecule has 6 heteroatoms. The number of carboxylic acids is 1. The standard InChI is InChI=1S/C12H19NO5/c1-11(2,3)18-10(16)13-5-12(6-13)7-17-8(12)4-9(14)15/h8H,4-7H2,1-3H3,(H,14,15)/t8-/m0/s1. The summed E-state index contributed by atoms with van der Waals surface area (Å²) < 4.78 is 10.5. The maximum Gasteiger partial charge on any atom is 0.410 e. The summed E-state index contributed by atoms with van der Waals surface area (Å²) in [7, 11) is 0. The van der Waals surface area contributed by atoms with Crippen LogP contribution in [0.5, 0.6) is 0 Å². The Morgan fingerprint density at radius 2 is 2.06 bits per heavy atom. The summed E-state index contributed by atoms with van der Waals surface area (Å²) in [4.78, 5) is 24.0. The number of carbonyl (C=O) groups excluding carboxylic acids is 1. The maximum absolute atomic E-state index is 11.7. The monoisotopic (exact) mass is 257 g/mol. The third-order valence-electron chi connectivity index (χ3n) is 3.28. The molecule has 1 atom stereocenters. The molecule has 0 unspecified atom stereocenters. The molecular formula is C12H19NO5. The Bertz CT molecular complexity index is 367. The van der Waals surface area contributed by atoms with Crippen LogP contribution in [-0.2, 0) is 14.3 Å². The molecule has 2 aliphatic rings. The molecule has 0 aromatic carbocycles. The Morgan fingerprint density at radius 3 is 2.44 bits per heavy atom. The van der Waals surface area contributed by atoms with Gasteiger partial charge in [-0.25, -0.2) is 4.79 Å². The van der Waals surface area contributed by atoms with Gasteiger partial charge in [-0.2, -0.15) is 0 Å². The van der Waals surface area contributed by atoms with Gasteiger partial charge in [-0.05, 0) is 20.8 Å². The zero-order valence-electron chi connectivity index (χ0n) is 10.9. The number of carboxylic acid groups (broad SMARTS) is 1. The van der Waals surface area contributed by atoms with E-state index in [2.05, 4.69) is 0 Å². The molecule has 2 fully saturated rings. The molecule has 0 aromatic heterocycles. The highest BCUT2D eigenvalue weighted by atomic mass is 16.6. The first kappa shape index (κ1) is 13.1. The number of hydrogen-bond acceptors (Lipinski definition) is 4. The van der Waals surface area contributed by atoms with Gasteiger partial charge in [0.15, 0.2) is 0 Å². The van der Waals surface area contributed by atoms with Gasteiger partial charge in [-0.15, -0.1) is 0 Å². The Morgan fingerprint density at radius 1 is 1.44 bits per heavy atom. The molecule has 0 aliphatic carbocycles. The average molecular weight is 257 g/mol. The van der Waals surface area contributed by atoms with Crippen molar-refractivity contribution in [3.63, 3.8) is 0 Å². The molecule has 6 nitrogen and oxygen atoms in total. The Kier molecular flexibility index (Phi) is 3.01. The molecule has 2 rings (SSSR count). The lowest BCUT2D eigenvalue weighted by atomic mass is 9.70. The summed E-state index contributed by atoms with van der Waals surface area (Å²) in [6.45, 7) is 7.05. The third kappa shape index (κ3) is 2.43. The van der Waals surface area contributed by atoms with Crippen molar-refractivity contribution in [3.05, 3.63) is 0 Å². The van der Waals surface area contributed by atoms with Crippen molar-refractivity contribution < 1.29 is 24.2 Å². The van der Waals surface area contributed by atoms with E-state index in [0.717, 1.165) is 0 Å². The van der Waals surface area contributed by atoms with Gasteiger partial charge in [0.25, 0.3) is 0 Å². The van der Waals surface area contributed by atoms with Crippen molar-refractivity contribution in [2.24, 2.45) is 5.41 Å². The van der Waals surface area contributed by atoms with Gasteiger partial charge in [0, 0.05) is 13.1 Å². The predicted octanol–water partition coefficient (Wildman–Crippen LogP) is 1.10. The van der Waals surface area contributed by atoms with Crippen molar-refractivity contribution in [2.75, 3.05) is 19.7 Å². The lowest BCUT2D eigenvalue weighted by Gasteiger charge is -2.59. The highest BCUT2D eigenvalue weighted by Crippen LogP contribution is 2.45. The summed E-state index contributed by atoms with van der Waals surface area (Å²) >= 11 is 0. The van der Waals surface area contributed by atoms with Gasteiger partial charge < -0.3 is 19.5 Å². The molecule has 0 saturated carbocycles. The number of nitrogens with zero attached hydrogens (tertiary/aromatic N) is 1. The summed E-state index contributed by atoms with van der Waals surface area (Å²) in [5, 5.41) is 8.74. The molecule has 2 aliphatic heterocycles. The number of likely N-dealkylation sites (tertiary alicyclic amines) is 1. The molecule has 2 saturated heterocycles. The smallest absolute Gasteiger partial charge is 0.410 e. The van der Waals surface area contributed by atoms with Crippen LogP contribution in [-0.4, -0.2) is 53.5 Å². The molecule has 102 valence electrons. The average Bonchev–Trinajstić information content (AvgIpc) is 2.07. The SMILES string of the molecule is CC(C)(C)OC(=O)N1CC2(CO[C@H]2CC(=O)O)C1. The number of aliphatic carboxylic acids is 1. The molecule has 2 heterocycles. The highest BCUT2D eigenvalue weighted by Gasteiger charge is 2.58.